The zero-order chi connectivity index (χ0) is 52.7. The van der Waals surface area contributed by atoms with E-state index in [9.17, 15) is 39.5 Å². The maximum Gasteiger partial charge on any atom is 0.431 e. The second-order valence-electron chi connectivity index (χ2n) is 13.4. The molecule has 368 valence electrons. The number of nitrogens with one attached hydrogen (secondary N) is 2. The highest BCUT2D eigenvalue weighted by Crippen LogP contribution is 2.45. The Morgan fingerprint density at radius 3 is 1.50 bits per heavy atom. The lowest BCUT2D eigenvalue weighted by Crippen LogP contribution is -2.36. The first kappa shape index (κ1) is 64.3. The van der Waals surface area contributed by atoms with E-state index in [1.54, 1.807) is 54.6 Å². The van der Waals surface area contributed by atoms with Gasteiger partial charge in [-0.2, -0.15) is 44.8 Å². The molecule has 0 aliphatic carbocycles. The average Bonchev–Trinajstić information content (AvgIpc) is 3.87. The molecule has 68 heavy (non-hydrogen) atoms. The van der Waals surface area contributed by atoms with Gasteiger partial charge in [0.1, 0.15) is 16.6 Å². The summed E-state index contributed by atoms with van der Waals surface area (Å²) in [5.41, 5.74) is -2.88. The fourth-order valence-electron chi connectivity index (χ4n) is 5.28. The normalized spacial score (nSPS) is 11.6. The first-order valence-corrected chi connectivity index (χ1v) is 25.2. The number of nitrogens with zero attached hydrogens (tertiary/aromatic N) is 5. The number of aliphatic imine (C=N–C) groups is 1. The quantitative estimate of drug-likeness (QED) is 0.0425. The molecule has 7 nitrogen and oxygen atoms in total. The molecule has 0 aliphatic heterocycles. The number of benzene rings is 3. The number of hydrogen-bond acceptors (Lipinski definition) is 3. The summed E-state index contributed by atoms with van der Waals surface area (Å²) >= 11 is 35.9. The molecule has 0 fully saturated rings. The highest BCUT2D eigenvalue weighted by atomic mass is 80.9. The van der Waals surface area contributed by atoms with Gasteiger partial charge in [0, 0.05) is 67.0 Å². The van der Waals surface area contributed by atoms with Crippen LogP contribution in [0.15, 0.2) is 101 Å². The van der Waals surface area contributed by atoms with Crippen LogP contribution < -0.4 is 0 Å². The van der Waals surface area contributed by atoms with Crippen molar-refractivity contribution < 1.29 is 39.5 Å². The van der Waals surface area contributed by atoms with E-state index in [0.717, 1.165) is 12.6 Å². The van der Waals surface area contributed by atoms with Gasteiger partial charge in [0.2, 0.25) is 16.9 Å². The van der Waals surface area contributed by atoms with E-state index in [-0.39, 0.29) is 32.4 Å². The van der Waals surface area contributed by atoms with Gasteiger partial charge in [0.15, 0.2) is 0 Å². The molecule has 0 amide bonds. The molecule has 0 saturated heterocycles. The van der Waals surface area contributed by atoms with Gasteiger partial charge >= 0.3 is 18.5 Å². The van der Waals surface area contributed by atoms with Crippen molar-refractivity contribution in [1.29, 1.82) is 5.26 Å². The van der Waals surface area contributed by atoms with Gasteiger partial charge in [0.05, 0.1) is 35.1 Å². The summed E-state index contributed by atoms with van der Waals surface area (Å²) in [6, 6.07) is 22.2. The van der Waals surface area contributed by atoms with Crippen molar-refractivity contribution in [3.63, 3.8) is 0 Å². The highest BCUT2D eigenvalue weighted by Gasteiger charge is 2.39. The minimum Gasteiger partial charge on any atom is -0.361 e. The molecule has 0 radical (unpaired) electrons. The summed E-state index contributed by atoms with van der Waals surface area (Å²) in [6.07, 6.45) is -12.5. The van der Waals surface area contributed by atoms with Crippen LogP contribution in [0.3, 0.4) is 0 Å². The molecule has 3 aromatic carbocycles. The molecule has 2 aromatic heterocycles. The standard InChI is InChI=1S/C12H5BrClF3N2.C12H6ClF3N2.C9H5Cl3F3N.C8H19N.C3H3N.Br2/c1-18-10-8(13)11(12(15,16)17)19-9(10)6-2-4-7(14)5-3-6;1-17-9-6-10(12(14,15)16)18-11(9)7-2-4-8(13)5-3-7;10-6-3-1-5(2-4-6)7(11)16-8(12)9(13,14)15;1-6-9(7(2)3)8(4)5;1-2-3-4;1-2/h2-5,19H;2-6,18H;1-4,8H;7-8H,6H2,1-5H3;2H,1H2;. The van der Waals surface area contributed by atoms with E-state index in [0.29, 0.717) is 43.8 Å². The van der Waals surface area contributed by atoms with Crippen molar-refractivity contribution in [2.75, 3.05) is 6.54 Å². The molecular formula is C44H38Br3Cl5F9N7. The number of halogens is 17. The lowest BCUT2D eigenvalue weighted by atomic mass is 10.1. The van der Waals surface area contributed by atoms with Crippen LogP contribution in [0.1, 0.15) is 51.6 Å². The molecule has 2 heterocycles. The molecule has 0 spiro atoms. The van der Waals surface area contributed by atoms with E-state index < -0.39 is 35.4 Å². The van der Waals surface area contributed by atoms with Gasteiger partial charge < -0.3 is 9.97 Å². The molecule has 0 bridgehead atoms. The summed E-state index contributed by atoms with van der Waals surface area (Å²) in [5, 5.41) is 8.59. The zero-order valence-electron chi connectivity index (χ0n) is 35.9. The molecule has 24 heteroatoms. The maximum atomic E-state index is 12.8. The Bertz CT molecular complexity index is 2460. The Hall–Kier alpha value is -3.68. The van der Waals surface area contributed by atoms with Crippen LogP contribution in [0, 0.1) is 24.5 Å². The highest BCUT2D eigenvalue weighted by molar-refractivity contribution is 9.93. The molecule has 1 atom stereocenters. The first-order valence-electron chi connectivity index (χ1n) is 18.7. The lowest BCUT2D eigenvalue weighted by Gasteiger charge is -2.28. The summed E-state index contributed by atoms with van der Waals surface area (Å²) in [7, 11) is 0. The number of nitriles is 1. The molecule has 1 unspecified atom stereocenters. The molecule has 5 rings (SSSR count). The third-order valence-electron chi connectivity index (χ3n) is 8.16. The summed E-state index contributed by atoms with van der Waals surface area (Å²) in [5.74, 6) is 0. The summed E-state index contributed by atoms with van der Waals surface area (Å²) in [4.78, 5) is 16.3. The molecule has 2 N–H and O–H groups in total. The average molecular weight is 1250 g/mol. The lowest BCUT2D eigenvalue weighted by molar-refractivity contribution is -0.141. The van der Waals surface area contributed by atoms with Gasteiger partial charge in [-0.25, -0.2) is 14.7 Å². The molecule has 0 saturated carbocycles. The van der Waals surface area contributed by atoms with E-state index in [4.69, 9.17) is 76.4 Å². The van der Waals surface area contributed by atoms with Crippen LogP contribution in [0.4, 0.5) is 50.9 Å². The Morgan fingerprint density at radius 2 is 1.19 bits per heavy atom. The van der Waals surface area contributed by atoms with Crippen LogP contribution in [-0.2, 0) is 12.4 Å². The fourth-order valence-corrected chi connectivity index (χ4v) is 6.64. The third-order valence-corrected chi connectivity index (χ3v) is 10.3. The SMILES string of the molecule is BrBr.C=CC#N.CCN(C(C)C)C(C)C.FC(F)(F)C(Cl)N=C(Cl)c1ccc(Cl)cc1.[C-]#[N+]c1c(-c2ccc(Cl)cc2)[nH]c(C(F)(F)F)c1Br.[C-]#[N+]c1cc(C(F)(F)F)[nH]c1-c1ccc(Cl)cc1. The van der Waals surface area contributed by atoms with Crippen molar-refractivity contribution >= 4 is 119 Å². The van der Waals surface area contributed by atoms with Crippen LogP contribution in [0.2, 0.25) is 15.1 Å². The van der Waals surface area contributed by atoms with Crippen LogP contribution in [0.5, 0.6) is 0 Å². The summed E-state index contributed by atoms with van der Waals surface area (Å²) in [6.45, 7) is 29.4. The molecule has 5 aromatic rings. The van der Waals surface area contributed by atoms with Crippen molar-refractivity contribution in [2.24, 2.45) is 4.99 Å². The Balaban J connectivity index is 0.000000867. The summed E-state index contributed by atoms with van der Waals surface area (Å²) < 4.78 is 112. The number of alkyl halides is 10. The van der Waals surface area contributed by atoms with Crippen molar-refractivity contribution in [3.05, 3.63) is 151 Å². The maximum absolute atomic E-state index is 12.8. The van der Waals surface area contributed by atoms with Crippen LogP contribution >= 0.6 is 102 Å². The van der Waals surface area contributed by atoms with Crippen LogP contribution in [-0.4, -0.2) is 50.3 Å². The first-order chi connectivity index (χ1) is 31.6. The van der Waals surface area contributed by atoms with Crippen LogP contribution in [0.25, 0.3) is 32.2 Å². The van der Waals surface area contributed by atoms with Gasteiger partial charge in [-0.15, -0.1) is 0 Å². The smallest absolute Gasteiger partial charge is 0.361 e. The predicted octanol–water partition coefficient (Wildman–Crippen LogP) is 19.5. The van der Waals surface area contributed by atoms with Gasteiger partial charge in [0.25, 0.3) is 0 Å². The Morgan fingerprint density at radius 1 is 0.779 bits per heavy atom. The van der Waals surface area contributed by atoms with E-state index in [1.165, 1.54) is 30.3 Å². The van der Waals surface area contributed by atoms with E-state index in [2.05, 4.69) is 115 Å². The second kappa shape index (κ2) is 30.8. The van der Waals surface area contributed by atoms with E-state index >= 15 is 0 Å². The Labute approximate surface area is 436 Å². The number of aromatic nitrogens is 2. The monoisotopic (exact) mass is 1250 g/mol. The second-order valence-corrected chi connectivity index (χ2v) is 16.2. The third kappa shape index (κ3) is 22.0. The van der Waals surface area contributed by atoms with Gasteiger partial charge in [-0.05, 0) is 87.8 Å². The Kier molecular flexibility index (Phi) is 29.2. The fraction of sp³-hybridized carbons (Fsp3) is 0.273. The van der Waals surface area contributed by atoms with Crippen molar-refractivity contribution in [2.45, 2.75) is 70.7 Å². The van der Waals surface area contributed by atoms with Crippen molar-refractivity contribution in [3.8, 4) is 28.6 Å². The van der Waals surface area contributed by atoms with Crippen molar-refractivity contribution in [1.82, 2.24) is 14.9 Å². The predicted molar refractivity (Wildman–Crippen MR) is 269 cm³/mol. The van der Waals surface area contributed by atoms with E-state index in [1.807, 2.05) is 0 Å². The van der Waals surface area contributed by atoms with Gasteiger partial charge in [-0.1, -0.05) is 124 Å². The topological polar surface area (TPSA) is 79.7 Å². The minimum atomic E-state index is -4.62. The minimum absolute atomic E-state index is 0.0651. The van der Waals surface area contributed by atoms with Gasteiger partial charge in [-0.3, -0.25) is 4.90 Å². The number of rotatable bonds is 7. The molecular weight excluding hydrogens is 1210 g/mol. The molecule has 0 aliphatic rings. The number of aromatic amines is 2. The number of hydrogen-bond donors (Lipinski definition) is 2. The zero-order valence-corrected chi connectivity index (χ0v) is 44.4. The number of H-pyrrole nitrogens is 2. The largest absolute Gasteiger partial charge is 0.431 e. The number of allylic oxidation sites excluding steroid dienone is 1.